The lowest BCUT2D eigenvalue weighted by Crippen LogP contribution is -2.18. The minimum absolute atomic E-state index is 0.227. The van der Waals surface area contributed by atoms with E-state index in [1.165, 1.54) is 0 Å². The third-order valence-electron chi connectivity index (χ3n) is 2.50. The second kappa shape index (κ2) is 7.77. The molecule has 0 unspecified atom stereocenters. The van der Waals surface area contributed by atoms with Gasteiger partial charge in [0.1, 0.15) is 5.75 Å². The average Bonchev–Trinajstić information content (AvgIpc) is 2.48. The highest BCUT2D eigenvalue weighted by atomic mass is 79.9. The molecule has 0 aliphatic rings. The number of nitrogens with zero attached hydrogens (tertiary/aromatic N) is 1. The third kappa shape index (κ3) is 4.57. The SMILES string of the molecule is N#Cc1cc(Br)c(OC(=O)COc2cccc(Br)c2)c(Br)c1. The first-order valence-electron chi connectivity index (χ1n) is 5.98. The maximum absolute atomic E-state index is 11.9. The topological polar surface area (TPSA) is 59.3 Å². The molecule has 0 fully saturated rings. The molecule has 0 bridgehead atoms. The van der Waals surface area contributed by atoms with Crippen LogP contribution in [0.5, 0.6) is 11.5 Å². The Morgan fingerprint density at radius 1 is 1.14 bits per heavy atom. The van der Waals surface area contributed by atoms with Crippen LogP contribution in [0.25, 0.3) is 0 Å². The summed E-state index contributed by atoms with van der Waals surface area (Å²) in [6, 6.07) is 12.3. The smallest absolute Gasteiger partial charge is 0.349 e. The van der Waals surface area contributed by atoms with Crippen molar-refractivity contribution in [1.82, 2.24) is 0 Å². The van der Waals surface area contributed by atoms with Crippen LogP contribution in [0.3, 0.4) is 0 Å². The molecule has 2 aromatic rings. The van der Waals surface area contributed by atoms with Crippen molar-refractivity contribution >= 4 is 53.8 Å². The van der Waals surface area contributed by atoms with E-state index >= 15 is 0 Å². The number of halogens is 3. The molecule has 0 amide bonds. The van der Waals surface area contributed by atoms with E-state index < -0.39 is 5.97 Å². The number of esters is 1. The first-order chi connectivity index (χ1) is 10.5. The highest BCUT2D eigenvalue weighted by molar-refractivity contribution is 9.11. The second-order valence-corrected chi connectivity index (χ2v) is 6.73. The molecule has 0 N–H and O–H groups in total. The lowest BCUT2D eigenvalue weighted by atomic mass is 10.2. The molecule has 7 heteroatoms. The second-order valence-electron chi connectivity index (χ2n) is 4.10. The van der Waals surface area contributed by atoms with Gasteiger partial charge in [-0.25, -0.2) is 4.79 Å². The van der Waals surface area contributed by atoms with Gasteiger partial charge in [-0.1, -0.05) is 22.0 Å². The van der Waals surface area contributed by atoms with E-state index in [2.05, 4.69) is 47.8 Å². The van der Waals surface area contributed by atoms with Crippen LogP contribution in [0, 0.1) is 11.3 Å². The van der Waals surface area contributed by atoms with Gasteiger partial charge >= 0.3 is 5.97 Å². The van der Waals surface area contributed by atoms with E-state index in [0.29, 0.717) is 26.0 Å². The molecule has 2 aromatic carbocycles. The Hall–Kier alpha value is -1.36. The Kier molecular flexibility index (Phi) is 6.00. The van der Waals surface area contributed by atoms with E-state index in [1.807, 2.05) is 12.1 Å². The number of hydrogen-bond donors (Lipinski definition) is 0. The van der Waals surface area contributed by atoms with Crippen LogP contribution in [0.1, 0.15) is 5.56 Å². The highest BCUT2D eigenvalue weighted by Crippen LogP contribution is 2.34. The zero-order valence-electron chi connectivity index (χ0n) is 11.0. The van der Waals surface area contributed by atoms with Gasteiger partial charge in [0.2, 0.25) is 0 Å². The number of hydrogen-bond acceptors (Lipinski definition) is 4. The van der Waals surface area contributed by atoms with Crippen molar-refractivity contribution < 1.29 is 14.3 Å². The Morgan fingerprint density at radius 3 is 2.41 bits per heavy atom. The zero-order valence-corrected chi connectivity index (χ0v) is 15.7. The summed E-state index contributed by atoms with van der Waals surface area (Å²) >= 11 is 9.86. The summed E-state index contributed by atoms with van der Waals surface area (Å²) in [5.74, 6) is 0.317. The number of carbonyl (C=O) groups is 1. The van der Waals surface area contributed by atoms with Gasteiger partial charge in [-0.2, -0.15) is 5.26 Å². The van der Waals surface area contributed by atoms with Crippen molar-refractivity contribution in [2.45, 2.75) is 0 Å². The van der Waals surface area contributed by atoms with Crippen molar-refractivity contribution in [2.75, 3.05) is 6.61 Å². The minimum atomic E-state index is -0.550. The molecule has 0 aliphatic heterocycles. The summed E-state index contributed by atoms with van der Waals surface area (Å²) in [4.78, 5) is 11.9. The Balaban J connectivity index is 2.02. The largest absolute Gasteiger partial charge is 0.482 e. The molecule has 112 valence electrons. The lowest BCUT2D eigenvalue weighted by Gasteiger charge is -2.10. The van der Waals surface area contributed by atoms with Gasteiger partial charge in [0, 0.05) is 4.47 Å². The Morgan fingerprint density at radius 2 is 1.82 bits per heavy atom. The van der Waals surface area contributed by atoms with Gasteiger partial charge in [0.25, 0.3) is 0 Å². The predicted octanol–water partition coefficient (Wildman–Crippen LogP) is 4.83. The summed E-state index contributed by atoms with van der Waals surface area (Å²) in [5.41, 5.74) is 0.448. The summed E-state index contributed by atoms with van der Waals surface area (Å²) < 4.78 is 12.5. The lowest BCUT2D eigenvalue weighted by molar-refractivity contribution is -0.136. The molecular weight excluding hydrogens is 482 g/mol. The quantitative estimate of drug-likeness (QED) is 0.456. The molecule has 4 nitrogen and oxygen atoms in total. The fourth-order valence-electron chi connectivity index (χ4n) is 1.56. The van der Waals surface area contributed by atoms with Crippen molar-refractivity contribution in [3.8, 4) is 17.6 Å². The van der Waals surface area contributed by atoms with Gasteiger partial charge in [-0.15, -0.1) is 0 Å². The van der Waals surface area contributed by atoms with E-state index in [0.717, 1.165) is 4.47 Å². The van der Waals surface area contributed by atoms with Crippen molar-refractivity contribution in [3.05, 3.63) is 55.4 Å². The first kappa shape index (κ1) is 17.0. The van der Waals surface area contributed by atoms with Crippen LogP contribution in [-0.4, -0.2) is 12.6 Å². The number of carbonyl (C=O) groups excluding carboxylic acids is 1. The van der Waals surface area contributed by atoms with Gasteiger partial charge in [-0.05, 0) is 62.2 Å². The fourth-order valence-corrected chi connectivity index (χ4v) is 3.29. The van der Waals surface area contributed by atoms with Crippen LogP contribution >= 0.6 is 47.8 Å². The molecular formula is C15H8Br3NO3. The van der Waals surface area contributed by atoms with Crippen LogP contribution in [0.15, 0.2) is 49.8 Å². The molecule has 0 saturated carbocycles. The summed E-state index contributed by atoms with van der Waals surface area (Å²) in [5, 5.41) is 8.87. The van der Waals surface area contributed by atoms with E-state index in [1.54, 1.807) is 30.3 Å². The van der Waals surface area contributed by atoms with Gasteiger partial charge in [0.05, 0.1) is 20.6 Å². The molecule has 0 aliphatic carbocycles. The predicted molar refractivity (Wildman–Crippen MR) is 91.8 cm³/mol. The zero-order chi connectivity index (χ0) is 16.1. The maximum atomic E-state index is 11.9. The first-order valence-corrected chi connectivity index (χ1v) is 8.35. The normalized spacial score (nSPS) is 9.91. The molecule has 0 radical (unpaired) electrons. The summed E-state index contributed by atoms with van der Waals surface area (Å²) in [6.07, 6.45) is 0. The molecule has 0 atom stereocenters. The van der Waals surface area contributed by atoms with Crippen LogP contribution in [0.4, 0.5) is 0 Å². The number of ether oxygens (including phenoxy) is 2. The van der Waals surface area contributed by atoms with Crippen LogP contribution < -0.4 is 9.47 Å². The number of nitriles is 1. The molecule has 0 spiro atoms. The molecule has 22 heavy (non-hydrogen) atoms. The molecule has 0 heterocycles. The Labute approximate surface area is 152 Å². The number of rotatable bonds is 4. The van der Waals surface area contributed by atoms with Gasteiger partial charge in [0.15, 0.2) is 12.4 Å². The average molecular weight is 490 g/mol. The summed E-state index contributed by atoms with van der Waals surface area (Å²) in [6.45, 7) is -0.227. The Bertz CT molecular complexity index is 733. The maximum Gasteiger partial charge on any atom is 0.349 e. The van der Waals surface area contributed by atoms with E-state index in [4.69, 9.17) is 14.7 Å². The minimum Gasteiger partial charge on any atom is -0.482 e. The van der Waals surface area contributed by atoms with Gasteiger partial charge in [-0.3, -0.25) is 0 Å². The van der Waals surface area contributed by atoms with E-state index in [-0.39, 0.29) is 6.61 Å². The van der Waals surface area contributed by atoms with Crippen LogP contribution in [-0.2, 0) is 4.79 Å². The van der Waals surface area contributed by atoms with Crippen molar-refractivity contribution in [2.24, 2.45) is 0 Å². The summed E-state index contributed by atoms with van der Waals surface area (Å²) in [7, 11) is 0. The van der Waals surface area contributed by atoms with Gasteiger partial charge < -0.3 is 9.47 Å². The highest BCUT2D eigenvalue weighted by Gasteiger charge is 2.14. The van der Waals surface area contributed by atoms with Crippen LogP contribution in [0.2, 0.25) is 0 Å². The van der Waals surface area contributed by atoms with Crippen molar-refractivity contribution in [3.63, 3.8) is 0 Å². The molecule has 2 rings (SSSR count). The van der Waals surface area contributed by atoms with Crippen molar-refractivity contribution in [1.29, 1.82) is 5.26 Å². The standard InChI is InChI=1S/C15H8Br3NO3/c16-10-2-1-3-11(6-10)21-8-14(20)22-15-12(17)4-9(7-19)5-13(15)18/h1-6H,8H2. The van der Waals surface area contributed by atoms with E-state index in [9.17, 15) is 4.79 Å². The molecule has 0 saturated heterocycles. The third-order valence-corrected chi connectivity index (χ3v) is 4.17. The fraction of sp³-hybridized carbons (Fsp3) is 0.0667. The number of benzene rings is 2. The molecule has 0 aromatic heterocycles. The monoisotopic (exact) mass is 487 g/mol.